The van der Waals surface area contributed by atoms with Gasteiger partial charge in [-0.3, -0.25) is 4.79 Å². The maximum atomic E-state index is 13.9. The first kappa shape index (κ1) is 22.1. The van der Waals surface area contributed by atoms with Crippen LogP contribution in [0.1, 0.15) is 22.3 Å². The van der Waals surface area contributed by atoms with Gasteiger partial charge in [0.2, 0.25) is 0 Å². The van der Waals surface area contributed by atoms with Crippen molar-refractivity contribution in [3.8, 4) is 0 Å². The lowest BCUT2D eigenvalue weighted by molar-refractivity contribution is -0.139. The summed E-state index contributed by atoms with van der Waals surface area (Å²) >= 11 is -3.10. The van der Waals surface area contributed by atoms with Gasteiger partial charge in [0.25, 0.3) is 0 Å². The number of ether oxygens (including phenoxy) is 1. The van der Waals surface area contributed by atoms with E-state index >= 15 is 0 Å². The summed E-state index contributed by atoms with van der Waals surface area (Å²) in [6.45, 7) is 1.81. The van der Waals surface area contributed by atoms with Gasteiger partial charge >= 0.3 is 11.5 Å². The van der Waals surface area contributed by atoms with Gasteiger partial charge in [-0.15, -0.1) is 13.2 Å². The second kappa shape index (κ2) is 8.65. The van der Waals surface area contributed by atoms with E-state index in [0.29, 0.717) is 17.4 Å². The lowest BCUT2D eigenvalue weighted by Crippen LogP contribution is -2.23. The van der Waals surface area contributed by atoms with Gasteiger partial charge in [-0.25, -0.2) is 4.39 Å². The highest BCUT2D eigenvalue weighted by molar-refractivity contribution is 7.92. The number of alkyl halides is 3. The number of carbonyl (C=O) groups is 1. The first-order chi connectivity index (χ1) is 14.1. The fourth-order valence-corrected chi connectivity index (χ4v) is 3.97. The zero-order valence-electron chi connectivity index (χ0n) is 16.2. The molecular formula is C22H18F4O3S. The number of hydrogen-bond acceptors (Lipinski definition) is 3. The summed E-state index contributed by atoms with van der Waals surface area (Å²) in [4.78, 5) is 11.4. The van der Waals surface area contributed by atoms with E-state index in [0.717, 1.165) is 22.1 Å². The number of esters is 1. The van der Waals surface area contributed by atoms with Gasteiger partial charge in [-0.05, 0) is 70.6 Å². The molecular weight excluding hydrogens is 420 g/mol. The van der Waals surface area contributed by atoms with Gasteiger partial charge in [0.1, 0.15) is 5.82 Å². The van der Waals surface area contributed by atoms with E-state index in [-0.39, 0.29) is 11.3 Å². The first-order valence-electron chi connectivity index (χ1n) is 8.95. The molecule has 8 heteroatoms. The average molecular weight is 438 g/mol. The zero-order chi connectivity index (χ0) is 22.1. The smallest absolute Gasteiger partial charge is 0.578 e. The van der Waals surface area contributed by atoms with Crippen LogP contribution in [0.3, 0.4) is 0 Å². The molecule has 0 N–H and O–H groups in total. The van der Waals surface area contributed by atoms with E-state index in [1.807, 2.05) is 6.92 Å². The lowest BCUT2D eigenvalue weighted by atomic mass is 9.90. The summed E-state index contributed by atoms with van der Waals surface area (Å²) < 4.78 is 68.1. The standard InChI is InChI=1S/C22H18F4O3S/c1-13-16(11-21(27)29-2)10-15-5-6-17(23)12-20(15)19(13)9-14-3-7-18(8-4-14)30(28)22(24,25)26/h3-8,10,12H,9,11H2,1-2H3. The number of benzene rings is 3. The van der Waals surface area contributed by atoms with E-state index < -0.39 is 28.5 Å². The van der Waals surface area contributed by atoms with Crippen LogP contribution >= 0.6 is 0 Å². The van der Waals surface area contributed by atoms with Crippen LogP contribution in [0.5, 0.6) is 0 Å². The fourth-order valence-electron chi connectivity index (χ4n) is 3.32. The van der Waals surface area contributed by atoms with E-state index in [4.69, 9.17) is 4.74 Å². The highest BCUT2D eigenvalue weighted by Gasteiger charge is 2.45. The summed E-state index contributed by atoms with van der Waals surface area (Å²) in [7, 11) is 1.29. The number of hydrogen-bond donors (Lipinski definition) is 0. The number of halogens is 4. The molecule has 0 fully saturated rings. The quantitative estimate of drug-likeness (QED) is 0.312. The molecule has 0 aliphatic rings. The number of methoxy groups -OCH3 is 1. The third-order valence-electron chi connectivity index (χ3n) is 4.90. The molecule has 0 spiro atoms. The van der Waals surface area contributed by atoms with Crippen LogP contribution in [0, 0.1) is 12.7 Å². The molecule has 0 heterocycles. The largest absolute Gasteiger partial charge is 0.604 e. The van der Waals surface area contributed by atoms with Crippen molar-refractivity contribution in [2.24, 2.45) is 0 Å². The van der Waals surface area contributed by atoms with Gasteiger partial charge in [-0.2, -0.15) is 0 Å². The molecule has 3 aromatic rings. The van der Waals surface area contributed by atoms with Crippen molar-refractivity contribution >= 4 is 27.9 Å². The minimum absolute atomic E-state index is 0.0478. The molecule has 1 unspecified atom stereocenters. The fraction of sp³-hybridized carbons (Fsp3) is 0.227. The highest BCUT2D eigenvalue weighted by atomic mass is 32.2. The Kier molecular flexibility index (Phi) is 6.38. The van der Waals surface area contributed by atoms with Crippen molar-refractivity contribution in [2.75, 3.05) is 7.11 Å². The summed E-state index contributed by atoms with van der Waals surface area (Å²) in [5.74, 6) is -0.829. The van der Waals surface area contributed by atoms with Gasteiger partial charge < -0.3 is 9.29 Å². The van der Waals surface area contributed by atoms with Crippen LogP contribution in [0.2, 0.25) is 0 Å². The van der Waals surface area contributed by atoms with Gasteiger partial charge in [-0.1, -0.05) is 24.3 Å². The topological polar surface area (TPSA) is 49.4 Å². The van der Waals surface area contributed by atoms with Crippen molar-refractivity contribution < 1.29 is 31.6 Å². The minimum atomic E-state index is -4.83. The molecule has 3 nitrogen and oxygen atoms in total. The molecule has 158 valence electrons. The van der Waals surface area contributed by atoms with Crippen molar-refractivity contribution in [3.05, 3.63) is 76.6 Å². The predicted molar refractivity (Wildman–Crippen MR) is 106 cm³/mol. The Morgan fingerprint density at radius 1 is 1.10 bits per heavy atom. The minimum Gasteiger partial charge on any atom is -0.604 e. The summed E-state index contributed by atoms with van der Waals surface area (Å²) in [6, 6.07) is 11.4. The van der Waals surface area contributed by atoms with E-state index in [1.54, 1.807) is 12.1 Å². The van der Waals surface area contributed by atoms with E-state index in [9.17, 15) is 26.9 Å². The Hall–Kier alpha value is -2.58. The van der Waals surface area contributed by atoms with Gasteiger partial charge in [0, 0.05) is 0 Å². The number of carbonyl (C=O) groups excluding carboxylic acids is 1. The molecule has 0 aliphatic heterocycles. The summed E-state index contributed by atoms with van der Waals surface area (Å²) in [5, 5.41) is 1.40. The average Bonchev–Trinajstić information content (AvgIpc) is 2.70. The van der Waals surface area contributed by atoms with Crippen molar-refractivity contribution in [3.63, 3.8) is 0 Å². The van der Waals surface area contributed by atoms with Gasteiger partial charge in [0.05, 0.1) is 24.7 Å². The zero-order valence-corrected chi connectivity index (χ0v) is 17.0. The first-order valence-corrected chi connectivity index (χ1v) is 10.1. The van der Waals surface area contributed by atoms with Crippen molar-refractivity contribution in [1.82, 2.24) is 0 Å². The molecule has 0 aromatic heterocycles. The lowest BCUT2D eigenvalue weighted by Gasteiger charge is -2.16. The Bertz CT molecular complexity index is 1080. The molecule has 0 saturated carbocycles. The number of fused-ring (bicyclic) bond motifs is 1. The Morgan fingerprint density at radius 3 is 2.37 bits per heavy atom. The predicted octanol–water partition coefficient (Wildman–Crippen LogP) is 5.22. The van der Waals surface area contributed by atoms with Crippen molar-refractivity contribution in [2.45, 2.75) is 30.2 Å². The summed E-state index contributed by atoms with van der Waals surface area (Å²) in [5.41, 5.74) is -1.89. The van der Waals surface area contributed by atoms with Crippen LogP contribution in [-0.2, 0) is 33.5 Å². The Balaban J connectivity index is 2.03. The molecule has 0 bridgehead atoms. The highest BCUT2D eigenvalue weighted by Crippen LogP contribution is 2.32. The second-order valence-corrected chi connectivity index (χ2v) is 8.26. The Labute approximate surface area is 173 Å². The van der Waals surface area contributed by atoms with Crippen LogP contribution in [0.15, 0.2) is 53.4 Å². The molecule has 3 aromatic carbocycles. The molecule has 0 radical (unpaired) electrons. The van der Waals surface area contributed by atoms with E-state index in [2.05, 4.69) is 0 Å². The molecule has 30 heavy (non-hydrogen) atoms. The number of rotatable bonds is 5. The van der Waals surface area contributed by atoms with Crippen molar-refractivity contribution in [1.29, 1.82) is 0 Å². The maximum Gasteiger partial charge on any atom is 0.578 e. The van der Waals surface area contributed by atoms with Crippen LogP contribution in [-0.4, -0.2) is 23.1 Å². The molecule has 0 aliphatic carbocycles. The maximum absolute atomic E-state index is 13.9. The second-order valence-electron chi connectivity index (χ2n) is 6.79. The normalized spacial score (nSPS) is 12.8. The summed E-state index contributed by atoms with van der Waals surface area (Å²) in [6.07, 6.45) is 0.353. The van der Waals surface area contributed by atoms with Crippen LogP contribution in [0.25, 0.3) is 10.8 Å². The third kappa shape index (κ3) is 4.76. The molecule has 1 atom stereocenters. The van der Waals surface area contributed by atoms with Gasteiger partial charge in [0.15, 0.2) is 4.90 Å². The van der Waals surface area contributed by atoms with Crippen LogP contribution < -0.4 is 0 Å². The molecule has 3 rings (SSSR count). The molecule has 0 amide bonds. The Morgan fingerprint density at radius 2 is 1.77 bits per heavy atom. The van der Waals surface area contributed by atoms with Crippen LogP contribution in [0.4, 0.5) is 17.6 Å². The third-order valence-corrected chi connectivity index (χ3v) is 6.02. The SMILES string of the molecule is COC(=O)Cc1cc2ccc(F)cc2c(Cc2ccc([S+]([O-])C(F)(F)F)cc2)c1C. The van der Waals surface area contributed by atoms with E-state index in [1.165, 1.54) is 43.5 Å². The molecule has 0 saturated heterocycles. The monoisotopic (exact) mass is 438 g/mol.